The largest absolute Gasteiger partial charge is 0.468 e. The van der Waals surface area contributed by atoms with Gasteiger partial charge in [0.25, 0.3) is 0 Å². The summed E-state index contributed by atoms with van der Waals surface area (Å²) in [6, 6.07) is 4.26. The summed E-state index contributed by atoms with van der Waals surface area (Å²) >= 11 is 0. The van der Waals surface area contributed by atoms with Gasteiger partial charge in [-0.25, -0.2) is 0 Å². The Morgan fingerprint density at radius 2 is 2.27 bits per heavy atom. The van der Waals surface area contributed by atoms with Gasteiger partial charge in [0.2, 0.25) is 0 Å². The highest BCUT2D eigenvalue weighted by atomic mass is 16.3. The monoisotopic (exact) mass is 209 g/mol. The molecule has 0 spiro atoms. The Morgan fingerprint density at radius 3 is 2.93 bits per heavy atom. The van der Waals surface area contributed by atoms with Gasteiger partial charge in [-0.1, -0.05) is 12.8 Å². The fourth-order valence-corrected chi connectivity index (χ4v) is 2.25. The first-order chi connectivity index (χ1) is 7.27. The van der Waals surface area contributed by atoms with Crippen molar-refractivity contribution in [3.63, 3.8) is 0 Å². The number of aliphatic hydroxyl groups excluding tert-OH is 1. The van der Waals surface area contributed by atoms with Crippen LogP contribution in [0.5, 0.6) is 0 Å². The van der Waals surface area contributed by atoms with Crippen molar-refractivity contribution in [2.24, 2.45) is 0 Å². The zero-order valence-corrected chi connectivity index (χ0v) is 9.15. The molecule has 1 saturated carbocycles. The Kier molecular flexibility index (Phi) is 3.44. The van der Waals surface area contributed by atoms with E-state index in [1.807, 2.05) is 12.1 Å². The van der Waals surface area contributed by atoms with Crippen LogP contribution < -0.4 is 5.32 Å². The van der Waals surface area contributed by atoms with E-state index >= 15 is 0 Å². The second-order valence-corrected chi connectivity index (χ2v) is 4.36. The average Bonchev–Trinajstić information content (AvgIpc) is 2.74. The summed E-state index contributed by atoms with van der Waals surface area (Å²) in [5.41, 5.74) is 0. The summed E-state index contributed by atoms with van der Waals surface area (Å²) in [6.07, 6.45) is 5.82. The third-order valence-electron chi connectivity index (χ3n) is 3.16. The Bertz CT molecular complexity index is 284. The molecular weight excluding hydrogens is 190 g/mol. The van der Waals surface area contributed by atoms with Crippen LogP contribution in [0.1, 0.15) is 44.4 Å². The first-order valence-corrected chi connectivity index (χ1v) is 5.75. The molecule has 15 heavy (non-hydrogen) atoms. The predicted molar refractivity (Wildman–Crippen MR) is 58.5 cm³/mol. The van der Waals surface area contributed by atoms with E-state index < -0.39 is 0 Å². The van der Waals surface area contributed by atoms with Gasteiger partial charge in [0.1, 0.15) is 5.76 Å². The summed E-state index contributed by atoms with van der Waals surface area (Å²) in [6.45, 7) is 2.07. The molecule has 1 heterocycles. The number of hydrogen-bond acceptors (Lipinski definition) is 3. The van der Waals surface area contributed by atoms with Gasteiger partial charge in [0.05, 0.1) is 18.4 Å². The second-order valence-electron chi connectivity index (χ2n) is 4.36. The minimum absolute atomic E-state index is 0.178. The van der Waals surface area contributed by atoms with E-state index in [2.05, 4.69) is 12.2 Å². The summed E-state index contributed by atoms with van der Waals surface area (Å²) in [7, 11) is 0. The van der Waals surface area contributed by atoms with Gasteiger partial charge in [0.15, 0.2) is 0 Å². The van der Waals surface area contributed by atoms with Gasteiger partial charge in [-0.2, -0.15) is 0 Å². The Morgan fingerprint density at radius 1 is 1.47 bits per heavy atom. The lowest BCUT2D eigenvalue weighted by atomic mass is 9.92. The fraction of sp³-hybridized carbons (Fsp3) is 0.667. The Balaban J connectivity index is 1.90. The van der Waals surface area contributed by atoms with Crippen LogP contribution in [0.2, 0.25) is 0 Å². The quantitative estimate of drug-likeness (QED) is 0.802. The minimum atomic E-state index is -0.198. The van der Waals surface area contributed by atoms with Crippen LogP contribution in [-0.4, -0.2) is 17.3 Å². The fourth-order valence-electron chi connectivity index (χ4n) is 2.25. The smallest absolute Gasteiger partial charge is 0.120 e. The average molecular weight is 209 g/mol. The van der Waals surface area contributed by atoms with Crippen molar-refractivity contribution in [2.75, 3.05) is 0 Å². The van der Waals surface area contributed by atoms with Crippen LogP contribution in [-0.2, 0) is 0 Å². The second kappa shape index (κ2) is 4.81. The van der Waals surface area contributed by atoms with Gasteiger partial charge in [-0.05, 0) is 31.9 Å². The van der Waals surface area contributed by atoms with Gasteiger partial charge in [-0.15, -0.1) is 0 Å². The maximum atomic E-state index is 9.82. The molecule has 0 aromatic carbocycles. The molecule has 3 heteroatoms. The van der Waals surface area contributed by atoms with Crippen LogP contribution >= 0.6 is 0 Å². The number of hydrogen-bond donors (Lipinski definition) is 2. The summed E-state index contributed by atoms with van der Waals surface area (Å²) in [5.74, 6) is 0.938. The van der Waals surface area contributed by atoms with Crippen LogP contribution in [0.3, 0.4) is 0 Å². The van der Waals surface area contributed by atoms with Gasteiger partial charge < -0.3 is 14.8 Å². The highest BCUT2D eigenvalue weighted by Gasteiger charge is 2.24. The van der Waals surface area contributed by atoms with E-state index in [1.54, 1.807) is 6.26 Å². The molecule has 84 valence electrons. The molecule has 1 aliphatic rings. The molecule has 2 rings (SSSR count). The molecule has 1 aromatic heterocycles. The Labute approximate surface area is 90.5 Å². The molecule has 2 N–H and O–H groups in total. The van der Waals surface area contributed by atoms with Crippen molar-refractivity contribution in [2.45, 2.75) is 50.8 Å². The van der Waals surface area contributed by atoms with E-state index in [-0.39, 0.29) is 18.2 Å². The number of rotatable bonds is 3. The van der Waals surface area contributed by atoms with E-state index in [1.165, 1.54) is 6.42 Å². The molecule has 1 fully saturated rings. The molecule has 0 amide bonds. The number of furan rings is 1. The lowest BCUT2D eigenvalue weighted by Gasteiger charge is -2.30. The van der Waals surface area contributed by atoms with E-state index in [9.17, 15) is 5.11 Å². The molecule has 3 nitrogen and oxygen atoms in total. The van der Waals surface area contributed by atoms with Gasteiger partial charge >= 0.3 is 0 Å². The van der Waals surface area contributed by atoms with Crippen molar-refractivity contribution in [1.82, 2.24) is 5.32 Å². The zero-order valence-electron chi connectivity index (χ0n) is 9.15. The predicted octanol–water partition coefficient (Wildman–Crippen LogP) is 2.23. The van der Waals surface area contributed by atoms with Gasteiger partial charge in [0, 0.05) is 6.04 Å². The van der Waals surface area contributed by atoms with Crippen molar-refractivity contribution in [1.29, 1.82) is 0 Å². The topological polar surface area (TPSA) is 45.4 Å². The Hall–Kier alpha value is -0.800. The molecule has 1 aromatic rings. The van der Waals surface area contributed by atoms with E-state index in [4.69, 9.17) is 4.42 Å². The van der Waals surface area contributed by atoms with Crippen molar-refractivity contribution < 1.29 is 9.52 Å². The van der Waals surface area contributed by atoms with Crippen LogP contribution in [0, 0.1) is 0 Å². The molecule has 0 aliphatic heterocycles. The lowest BCUT2D eigenvalue weighted by Crippen LogP contribution is -2.43. The maximum absolute atomic E-state index is 9.82. The molecule has 1 aliphatic carbocycles. The molecule has 3 atom stereocenters. The molecular formula is C12H19NO2. The standard InChI is InChI=1S/C12H19NO2/c1-9(12-7-4-8-15-12)13-10-5-2-3-6-11(10)14/h4,7-11,13-14H,2-3,5-6H2,1H3/t9-,10+,11+/m1/s1. The van der Waals surface area contributed by atoms with Crippen molar-refractivity contribution >= 4 is 0 Å². The first kappa shape index (κ1) is 10.7. The van der Waals surface area contributed by atoms with Crippen LogP contribution in [0.25, 0.3) is 0 Å². The summed E-state index contributed by atoms with van der Waals surface area (Å²) < 4.78 is 5.33. The van der Waals surface area contributed by atoms with E-state index in [0.717, 1.165) is 25.0 Å². The highest BCUT2D eigenvalue weighted by Crippen LogP contribution is 2.22. The zero-order chi connectivity index (χ0) is 10.7. The van der Waals surface area contributed by atoms with E-state index in [0.29, 0.717) is 0 Å². The maximum Gasteiger partial charge on any atom is 0.120 e. The SMILES string of the molecule is C[C@@H](N[C@H]1CCCC[C@@H]1O)c1ccco1. The normalized spacial score (nSPS) is 28.9. The lowest BCUT2D eigenvalue weighted by molar-refractivity contribution is 0.0845. The molecule has 0 saturated heterocycles. The van der Waals surface area contributed by atoms with Crippen LogP contribution in [0.4, 0.5) is 0 Å². The number of aliphatic hydroxyl groups is 1. The third kappa shape index (κ3) is 2.61. The van der Waals surface area contributed by atoms with Crippen LogP contribution in [0.15, 0.2) is 22.8 Å². The minimum Gasteiger partial charge on any atom is -0.468 e. The first-order valence-electron chi connectivity index (χ1n) is 5.75. The molecule has 0 radical (unpaired) electrons. The van der Waals surface area contributed by atoms with Crippen molar-refractivity contribution in [3.05, 3.63) is 24.2 Å². The van der Waals surface area contributed by atoms with Crippen molar-refractivity contribution in [3.8, 4) is 0 Å². The third-order valence-corrected chi connectivity index (χ3v) is 3.16. The summed E-state index contributed by atoms with van der Waals surface area (Å²) in [5, 5.41) is 13.2. The van der Waals surface area contributed by atoms with Gasteiger partial charge in [-0.3, -0.25) is 0 Å². The molecule has 0 bridgehead atoms. The molecule has 0 unspecified atom stereocenters. The highest BCUT2D eigenvalue weighted by molar-refractivity contribution is 5.03. The summed E-state index contributed by atoms with van der Waals surface area (Å²) in [4.78, 5) is 0. The number of nitrogens with one attached hydrogen (secondary N) is 1.